The molecule has 2 atom stereocenters. The summed E-state index contributed by atoms with van der Waals surface area (Å²) in [4.78, 5) is 35.0. The van der Waals surface area contributed by atoms with E-state index < -0.39 is 21.2 Å². The van der Waals surface area contributed by atoms with Gasteiger partial charge in [-0.25, -0.2) is 18.1 Å². The largest absolute Gasteiger partial charge is 0.497 e. The molecule has 0 bridgehead atoms. The molecule has 11 nitrogen and oxygen atoms in total. The molecule has 4 heterocycles. The van der Waals surface area contributed by atoms with Crippen LogP contribution in [0.3, 0.4) is 0 Å². The van der Waals surface area contributed by atoms with Crippen molar-refractivity contribution in [2.75, 3.05) is 20.2 Å². The number of sulfonamides is 1. The molecule has 2 aromatic carbocycles. The number of hydrogen-bond donors (Lipinski definition) is 1. The lowest BCUT2D eigenvalue weighted by molar-refractivity contribution is -0.0588. The standard InChI is InChI=1S/C41H49N5O6S/c1-24(2)53(49,50)43-40(47)28-11-15-34-35(19-28)45-22-30(17-29-18-32(51-5)14-16-33(29)38(45)36(34)27-9-7-6-8-10-27)37-39(46(23-42-37)31-12-13-31)41(48)44-20-25(3)52-26(4)21-44/h11,14-19,23-27,31H,6-10,12-13,20-22H2,1-5H3,(H,43,47)/t25-,26+. The number of benzene rings is 2. The second-order valence-electron chi connectivity index (χ2n) is 15.6. The second-order valence-corrected chi connectivity index (χ2v) is 17.8. The number of nitrogens with one attached hydrogen (secondary N) is 1. The van der Waals surface area contributed by atoms with Crippen LogP contribution in [0.5, 0.6) is 5.75 Å². The Hall–Kier alpha value is -4.42. The van der Waals surface area contributed by atoms with Crippen LogP contribution in [-0.2, 0) is 21.3 Å². The molecule has 53 heavy (non-hydrogen) atoms. The lowest BCUT2D eigenvalue weighted by atomic mass is 9.81. The number of carbonyl (C=O) groups is 2. The summed E-state index contributed by atoms with van der Waals surface area (Å²) < 4.78 is 43.8. The average molecular weight is 740 g/mol. The van der Waals surface area contributed by atoms with Crippen molar-refractivity contribution >= 4 is 44.4 Å². The number of amides is 2. The monoisotopic (exact) mass is 739 g/mol. The highest BCUT2D eigenvalue weighted by molar-refractivity contribution is 7.90. The van der Waals surface area contributed by atoms with Crippen molar-refractivity contribution in [1.29, 1.82) is 0 Å². The highest BCUT2D eigenvalue weighted by Crippen LogP contribution is 2.48. The van der Waals surface area contributed by atoms with E-state index in [4.69, 9.17) is 14.5 Å². The third-order valence-corrected chi connectivity index (χ3v) is 13.1. The summed E-state index contributed by atoms with van der Waals surface area (Å²) in [5.41, 5.74) is 7.56. The van der Waals surface area contributed by atoms with Gasteiger partial charge in [0.2, 0.25) is 10.0 Å². The summed E-state index contributed by atoms with van der Waals surface area (Å²) in [6.07, 6.45) is 11.4. The Kier molecular flexibility index (Phi) is 9.25. The van der Waals surface area contributed by atoms with Crippen molar-refractivity contribution in [3.8, 4) is 17.0 Å². The van der Waals surface area contributed by atoms with E-state index in [0.29, 0.717) is 36.9 Å². The Morgan fingerprint density at radius 1 is 0.981 bits per heavy atom. The summed E-state index contributed by atoms with van der Waals surface area (Å²) in [7, 11) is -2.17. The van der Waals surface area contributed by atoms with Crippen molar-refractivity contribution < 1.29 is 27.5 Å². The van der Waals surface area contributed by atoms with Crippen LogP contribution in [0.4, 0.5) is 0 Å². The zero-order valence-electron chi connectivity index (χ0n) is 31.2. The fourth-order valence-electron chi connectivity index (χ4n) is 8.56. The van der Waals surface area contributed by atoms with Crippen molar-refractivity contribution in [2.45, 2.75) is 109 Å². The molecule has 0 radical (unpaired) electrons. The van der Waals surface area contributed by atoms with E-state index in [0.717, 1.165) is 77.6 Å². The molecule has 2 amide bonds. The van der Waals surface area contributed by atoms with Gasteiger partial charge in [0.15, 0.2) is 0 Å². The number of hydrogen-bond acceptors (Lipinski definition) is 7. The number of methoxy groups -OCH3 is 1. The Labute approximate surface area is 311 Å². The molecule has 4 aromatic rings. The minimum Gasteiger partial charge on any atom is -0.497 e. The molecule has 2 aliphatic heterocycles. The Balaban J connectivity index is 1.33. The van der Waals surface area contributed by atoms with Crippen LogP contribution < -0.4 is 9.46 Å². The zero-order chi connectivity index (χ0) is 37.2. The van der Waals surface area contributed by atoms with Crippen molar-refractivity contribution in [3.05, 3.63) is 70.8 Å². The van der Waals surface area contributed by atoms with Crippen LogP contribution in [0, 0.1) is 0 Å². The Bertz CT molecular complexity index is 2230. The topological polar surface area (TPSA) is 125 Å². The molecule has 4 aliphatic rings. The van der Waals surface area contributed by atoms with Gasteiger partial charge < -0.3 is 23.5 Å². The van der Waals surface area contributed by atoms with Gasteiger partial charge in [0.05, 0.1) is 48.8 Å². The molecule has 0 unspecified atom stereocenters. The number of rotatable bonds is 8. The molecule has 2 aromatic heterocycles. The number of fused-ring (bicyclic) bond motifs is 5. The molecule has 3 fully saturated rings. The maximum atomic E-state index is 14.6. The van der Waals surface area contributed by atoms with Crippen molar-refractivity contribution in [1.82, 2.24) is 23.7 Å². The van der Waals surface area contributed by atoms with Gasteiger partial charge in [0.1, 0.15) is 11.4 Å². The van der Waals surface area contributed by atoms with Gasteiger partial charge in [-0.3, -0.25) is 9.59 Å². The van der Waals surface area contributed by atoms with E-state index in [-0.39, 0.29) is 29.7 Å². The number of imidazole rings is 1. The molecule has 2 aliphatic carbocycles. The van der Waals surface area contributed by atoms with E-state index >= 15 is 0 Å². The molecule has 12 heteroatoms. The normalized spacial score (nSPS) is 20.9. The number of aromatic nitrogens is 3. The maximum absolute atomic E-state index is 14.6. The SMILES string of the molecule is COc1ccc2c(c1)C=C(c1ncn(C3CC3)c1C(=O)N1C[C@@H](C)O[C@@H](C)C1)Cn1c-2c(C2CCCCC2)c2ccc(C(=O)NS(=O)(=O)C(C)C)cc21. The van der Waals surface area contributed by atoms with Crippen LogP contribution in [0.2, 0.25) is 0 Å². The molecule has 1 N–H and O–H groups in total. The summed E-state index contributed by atoms with van der Waals surface area (Å²) in [6, 6.07) is 11.9. The maximum Gasteiger partial charge on any atom is 0.272 e. The van der Waals surface area contributed by atoms with Gasteiger partial charge in [-0.05, 0) is 107 Å². The predicted molar refractivity (Wildman–Crippen MR) is 206 cm³/mol. The first kappa shape index (κ1) is 35.6. The minimum atomic E-state index is -3.84. The number of nitrogens with zero attached hydrogens (tertiary/aromatic N) is 4. The fraction of sp³-hybridized carbons (Fsp3) is 0.488. The summed E-state index contributed by atoms with van der Waals surface area (Å²) in [5, 5.41) is 0.296. The third-order valence-electron chi connectivity index (χ3n) is 11.4. The van der Waals surface area contributed by atoms with Crippen LogP contribution >= 0.6 is 0 Å². The molecule has 2 saturated carbocycles. The van der Waals surface area contributed by atoms with E-state index in [1.165, 1.54) is 12.0 Å². The molecule has 0 spiro atoms. The second kappa shape index (κ2) is 13.8. The van der Waals surface area contributed by atoms with Gasteiger partial charge in [0.25, 0.3) is 11.8 Å². The van der Waals surface area contributed by atoms with E-state index in [1.54, 1.807) is 27.0 Å². The highest BCUT2D eigenvalue weighted by Gasteiger charge is 2.37. The van der Waals surface area contributed by atoms with E-state index in [2.05, 4.69) is 26.0 Å². The molecule has 1 saturated heterocycles. The van der Waals surface area contributed by atoms with Crippen LogP contribution in [0.25, 0.3) is 33.8 Å². The third kappa shape index (κ3) is 6.58. The smallest absolute Gasteiger partial charge is 0.272 e. The number of carbonyl (C=O) groups excluding carboxylic acids is 2. The molecule has 280 valence electrons. The lowest BCUT2D eigenvalue weighted by Crippen LogP contribution is -2.48. The van der Waals surface area contributed by atoms with Crippen LogP contribution in [0.1, 0.15) is 122 Å². The van der Waals surface area contributed by atoms with Crippen LogP contribution in [-0.4, -0.2) is 76.9 Å². The Morgan fingerprint density at radius 2 is 1.72 bits per heavy atom. The zero-order valence-corrected chi connectivity index (χ0v) is 32.0. The van der Waals surface area contributed by atoms with Gasteiger partial charge in [0, 0.05) is 46.7 Å². The number of ether oxygens (including phenoxy) is 2. The minimum absolute atomic E-state index is 0.0479. The summed E-state index contributed by atoms with van der Waals surface area (Å²) in [6.45, 7) is 8.50. The first-order chi connectivity index (χ1) is 25.4. The quantitative estimate of drug-likeness (QED) is 0.203. The van der Waals surface area contributed by atoms with Gasteiger partial charge in [-0.1, -0.05) is 25.3 Å². The molecular weight excluding hydrogens is 691 g/mol. The highest BCUT2D eigenvalue weighted by atomic mass is 32.2. The fourth-order valence-corrected chi connectivity index (χ4v) is 9.18. The van der Waals surface area contributed by atoms with Gasteiger partial charge in [-0.2, -0.15) is 0 Å². The van der Waals surface area contributed by atoms with Crippen molar-refractivity contribution in [3.63, 3.8) is 0 Å². The van der Waals surface area contributed by atoms with Crippen molar-refractivity contribution in [2.24, 2.45) is 0 Å². The Morgan fingerprint density at radius 3 is 2.40 bits per heavy atom. The van der Waals surface area contributed by atoms with E-state index in [1.807, 2.05) is 49.3 Å². The van der Waals surface area contributed by atoms with Gasteiger partial charge >= 0.3 is 0 Å². The molecular formula is C41H49N5O6S. The average Bonchev–Trinajstić information content (AvgIpc) is 3.84. The lowest BCUT2D eigenvalue weighted by Gasteiger charge is -2.35. The van der Waals surface area contributed by atoms with Gasteiger partial charge in [-0.15, -0.1) is 0 Å². The summed E-state index contributed by atoms with van der Waals surface area (Å²) in [5.74, 6) is 0.337. The predicted octanol–water partition coefficient (Wildman–Crippen LogP) is 7.17. The first-order valence-corrected chi connectivity index (χ1v) is 20.6. The first-order valence-electron chi connectivity index (χ1n) is 19.1. The molecule has 8 rings (SSSR count). The number of morpholine rings is 1. The summed E-state index contributed by atoms with van der Waals surface area (Å²) >= 11 is 0. The van der Waals surface area contributed by atoms with Crippen LogP contribution in [0.15, 0.2) is 42.7 Å². The number of allylic oxidation sites excluding steroid dienone is 1. The van der Waals surface area contributed by atoms with E-state index in [9.17, 15) is 18.0 Å².